The summed E-state index contributed by atoms with van der Waals surface area (Å²) in [6.45, 7) is 8.36. The van der Waals surface area contributed by atoms with Crippen LogP contribution in [0.3, 0.4) is 0 Å². The molecule has 31 heavy (non-hydrogen) atoms. The van der Waals surface area contributed by atoms with Crippen molar-refractivity contribution in [1.29, 1.82) is 0 Å². The summed E-state index contributed by atoms with van der Waals surface area (Å²) in [5.74, 6) is 1.25. The summed E-state index contributed by atoms with van der Waals surface area (Å²) in [6, 6.07) is 8.68. The first kappa shape index (κ1) is 25.7. The number of aliphatic imine (C=N–C) groups is 1. The summed E-state index contributed by atoms with van der Waals surface area (Å²) < 4.78 is 0. The van der Waals surface area contributed by atoms with Gasteiger partial charge in [-0.1, -0.05) is 12.1 Å². The van der Waals surface area contributed by atoms with Crippen molar-refractivity contribution in [2.75, 3.05) is 71.9 Å². The van der Waals surface area contributed by atoms with Gasteiger partial charge < -0.3 is 20.0 Å². The molecule has 1 amide bonds. The lowest BCUT2D eigenvalue weighted by Crippen LogP contribution is -2.57. The molecule has 0 radical (unpaired) electrons. The topological polar surface area (TPSA) is 54.4 Å². The number of halogens is 1. The van der Waals surface area contributed by atoms with Crippen molar-refractivity contribution in [2.45, 2.75) is 32.2 Å². The third kappa shape index (κ3) is 6.97. The van der Waals surface area contributed by atoms with E-state index in [1.54, 1.807) is 0 Å². The lowest BCUT2D eigenvalue weighted by atomic mass is 10.1. The molecule has 1 aromatic carbocycles. The quantitative estimate of drug-likeness (QED) is 0.339. The summed E-state index contributed by atoms with van der Waals surface area (Å²) in [7, 11) is 5.97. The first-order chi connectivity index (χ1) is 14.5. The van der Waals surface area contributed by atoms with Crippen molar-refractivity contribution in [2.24, 2.45) is 4.99 Å². The minimum atomic E-state index is -0.0228. The monoisotopic (exact) mass is 542 g/mol. The lowest BCUT2D eigenvalue weighted by molar-refractivity contribution is -0.135. The molecule has 1 N–H and O–H groups in total. The molecular formula is C23H39IN6O. The second kappa shape index (κ2) is 12.5. The van der Waals surface area contributed by atoms with Gasteiger partial charge in [-0.15, -0.1) is 24.0 Å². The SMILES string of the molecule is CN=C(NCCc1ccc(N(C)C)cc1)N1CCN(C(C)C(=O)N2CCCC2)CC1.I. The van der Waals surface area contributed by atoms with E-state index in [-0.39, 0.29) is 30.0 Å². The highest BCUT2D eigenvalue weighted by molar-refractivity contribution is 14.0. The number of likely N-dealkylation sites (tertiary alicyclic amines) is 1. The van der Waals surface area contributed by atoms with Crippen LogP contribution >= 0.6 is 24.0 Å². The van der Waals surface area contributed by atoms with Gasteiger partial charge in [0.05, 0.1) is 6.04 Å². The van der Waals surface area contributed by atoms with E-state index in [0.29, 0.717) is 5.91 Å². The Morgan fingerprint density at radius 1 is 1.03 bits per heavy atom. The zero-order valence-corrected chi connectivity index (χ0v) is 21.8. The van der Waals surface area contributed by atoms with Crippen LogP contribution in [-0.4, -0.2) is 99.6 Å². The van der Waals surface area contributed by atoms with E-state index in [9.17, 15) is 4.79 Å². The number of nitrogens with zero attached hydrogens (tertiary/aromatic N) is 5. The van der Waals surface area contributed by atoms with Crippen LogP contribution in [0.1, 0.15) is 25.3 Å². The molecule has 8 heteroatoms. The fraction of sp³-hybridized carbons (Fsp3) is 0.652. The number of piperazine rings is 1. The van der Waals surface area contributed by atoms with Gasteiger partial charge in [0.1, 0.15) is 0 Å². The minimum Gasteiger partial charge on any atom is -0.378 e. The zero-order valence-electron chi connectivity index (χ0n) is 19.5. The number of nitrogens with one attached hydrogen (secondary N) is 1. The molecule has 2 fully saturated rings. The summed E-state index contributed by atoms with van der Waals surface area (Å²) in [6.07, 6.45) is 3.26. The van der Waals surface area contributed by atoms with Crippen LogP contribution in [0.15, 0.2) is 29.3 Å². The van der Waals surface area contributed by atoms with Gasteiger partial charge in [-0.2, -0.15) is 0 Å². The number of hydrogen-bond donors (Lipinski definition) is 1. The first-order valence-corrected chi connectivity index (χ1v) is 11.2. The highest BCUT2D eigenvalue weighted by atomic mass is 127. The molecule has 2 saturated heterocycles. The molecule has 0 aromatic heterocycles. The molecule has 174 valence electrons. The van der Waals surface area contributed by atoms with E-state index in [4.69, 9.17) is 0 Å². The lowest BCUT2D eigenvalue weighted by Gasteiger charge is -2.39. The minimum absolute atomic E-state index is 0. The smallest absolute Gasteiger partial charge is 0.239 e. The van der Waals surface area contributed by atoms with Gasteiger partial charge in [-0.25, -0.2) is 0 Å². The van der Waals surface area contributed by atoms with Crippen molar-refractivity contribution in [3.8, 4) is 0 Å². The molecule has 0 bridgehead atoms. The zero-order chi connectivity index (χ0) is 21.5. The number of anilines is 1. The maximum atomic E-state index is 12.7. The Morgan fingerprint density at radius 2 is 1.65 bits per heavy atom. The maximum Gasteiger partial charge on any atom is 0.239 e. The predicted molar refractivity (Wildman–Crippen MR) is 140 cm³/mol. The number of hydrogen-bond acceptors (Lipinski definition) is 4. The average molecular weight is 543 g/mol. The van der Waals surface area contributed by atoms with Crippen LogP contribution in [0, 0.1) is 0 Å². The van der Waals surface area contributed by atoms with Crippen LogP contribution in [-0.2, 0) is 11.2 Å². The highest BCUT2D eigenvalue weighted by Crippen LogP contribution is 2.14. The van der Waals surface area contributed by atoms with Crippen molar-refractivity contribution in [3.05, 3.63) is 29.8 Å². The molecule has 2 aliphatic rings. The van der Waals surface area contributed by atoms with Gasteiger partial charge >= 0.3 is 0 Å². The second-order valence-corrected chi connectivity index (χ2v) is 8.52. The van der Waals surface area contributed by atoms with Crippen LogP contribution < -0.4 is 10.2 Å². The molecule has 0 spiro atoms. The fourth-order valence-electron chi connectivity index (χ4n) is 4.29. The molecule has 0 saturated carbocycles. The molecule has 2 heterocycles. The van der Waals surface area contributed by atoms with Crippen LogP contribution in [0.25, 0.3) is 0 Å². The normalized spacial score (nSPS) is 18.5. The predicted octanol–water partition coefficient (Wildman–Crippen LogP) is 2.12. The number of carbonyl (C=O) groups excluding carboxylic acids is 1. The van der Waals surface area contributed by atoms with Gasteiger partial charge in [-0.05, 0) is 43.9 Å². The van der Waals surface area contributed by atoms with Gasteiger partial charge in [-0.3, -0.25) is 14.7 Å². The van der Waals surface area contributed by atoms with Crippen molar-refractivity contribution >= 4 is 41.5 Å². The largest absolute Gasteiger partial charge is 0.378 e. The van der Waals surface area contributed by atoms with Crippen LogP contribution in [0.2, 0.25) is 0 Å². The molecule has 2 aliphatic heterocycles. The fourth-order valence-corrected chi connectivity index (χ4v) is 4.29. The maximum absolute atomic E-state index is 12.7. The molecule has 0 aliphatic carbocycles. The Morgan fingerprint density at radius 3 is 2.19 bits per heavy atom. The number of benzene rings is 1. The van der Waals surface area contributed by atoms with Gasteiger partial charge in [0, 0.05) is 72.6 Å². The Balaban J connectivity index is 0.00000341. The summed E-state index contributed by atoms with van der Waals surface area (Å²) in [4.78, 5) is 25.9. The summed E-state index contributed by atoms with van der Waals surface area (Å²) in [5.41, 5.74) is 2.54. The van der Waals surface area contributed by atoms with Crippen molar-refractivity contribution < 1.29 is 4.79 Å². The van der Waals surface area contributed by atoms with E-state index in [1.165, 1.54) is 11.3 Å². The average Bonchev–Trinajstić information content (AvgIpc) is 3.31. The van der Waals surface area contributed by atoms with E-state index in [0.717, 1.165) is 71.0 Å². The van der Waals surface area contributed by atoms with Gasteiger partial charge in [0.15, 0.2) is 5.96 Å². The summed E-state index contributed by atoms with van der Waals surface area (Å²) >= 11 is 0. The molecule has 1 atom stereocenters. The van der Waals surface area contributed by atoms with Crippen LogP contribution in [0.5, 0.6) is 0 Å². The second-order valence-electron chi connectivity index (χ2n) is 8.52. The van der Waals surface area contributed by atoms with Crippen molar-refractivity contribution in [3.63, 3.8) is 0 Å². The summed E-state index contributed by atoms with van der Waals surface area (Å²) in [5, 5.41) is 3.51. The van der Waals surface area contributed by atoms with E-state index in [1.807, 2.05) is 11.9 Å². The third-order valence-electron chi connectivity index (χ3n) is 6.30. The van der Waals surface area contributed by atoms with Crippen LogP contribution in [0.4, 0.5) is 5.69 Å². The number of rotatable bonds is 6. The number of carbonyl (C=O) groups is 1. The highest BCUT2D eigenvalue weighted by Gasteiger charge is 2.30. The molecule has 1 aromatic rings. The van der Waals surface area contributed by atoms with E-state index < -0.39 is 0 Å². The van der Waals surface area contributed by atoms with Gasteiger partial charge in [0.2, 0.25) is 5.91 Å². The Hall–Kier alpha value is -1.55. The third-order valence-corrected chi connectivity index (χ3v) is 6.30. The number of amides is 1. The van der Waals surface area contributed by atoms with Crippen molar-refractivity contribution in [1.82, 2.24) is 20.0 Å². The Bertz CT molecular complexity index is 709. The van der Waals surface area contributed by atoms with Gasteiger partial charge in [0.25, 0.3) is 0 Å². The first-order valence-electron chi connectivity index (χ1n) is 11.2. The molecular weight excluding hydrogens is 503 g/mol. The van der Waals surface area contributed by atoms with E-state index in [2.05, 4.69) is 70.3 Å². The Kier molecular flexibility index (Phi) is 10.3. The molecule has 1 unspecified atom stereocenters. The standard InChI is InChI=1S/C23H38N6O.HI/c1-19(22(30)28-13-5-6-14-28)27-15-17-29(18-16-27)23(24-2)25-12-11-20-7-9-21(10-8-20)26(3)4;/h7-10,19H,5-6,11-18H2,1-4H3,(H,24,25);1H. The number of guanidine groups is 1. The molecule has 3 rings (SSSR count). The Labute approximate surface area is 204 Å². The molecule has 7 nitrogen and oxygen atoms in total. The van der Waals surface area contributed by atoms with E-state index >= 15 is 0 Å².